The van der Waals surface area contributed by atoms with E-state index in [1.54, 1.807) is 19.1 Å². The number of para-hydroxylation sites is 1. The topological polar surface area (TPSA) is 88.0 Å². The van der Waals surface area contributed by atoms with Crippen LogP contribution in [0.1, 0.15) is 18.1 Å². The van der Waals surface area contributed by atoms with Crippen LogP contribution < -0.4 is 14.4 Å². The molecule has 1 unspecified atom stereocenters. The van der Waals surface area contributed by atoms with Gasteiger partial charge in [-0.25, -0.2) is 14.8 Å². The SMILES string of the molecule is CC(Cc1ccc(Oc2cc(N3CCN(Cc4ccccc4)CC3)ncn2)cc1)(Oc1ccccc1)C(=O)O. The molecule has 5 rings (SSSR count). The molecule has 1 fully saturated rings. The molecule has 1 aliphatic rings. The number of carboxylic acid groups (broad SMARTS) is 1. The first kappa shape index (κ1) is 26.2. The molecule has 1 atom stereocenters. The van der Waals surface area contributed by atoms with Crippen molar-refractivity contribution in [2.45, 2.75) is 25.5 Å². The number of aromatic nitrogens is 2. The first-order chi connectivity index (χ1) is 19.0. The van der Waals surface area contributed by atoms with Gasteiger partial charge in [0.25, 0.3) is 0 Å². The summed E-state index contributed by atoms with van der Waals surface area (Å²) in [6.07, 6.45) is 1.72. The molecule has 1 aliphatic heterocycles. The molecule has 0 saturated carbocycles. The third-order valence-corrected chi connectivity index (χ3v) is 6.80. The van der Waals surface area contributed by atoms with Crippen molar-refractivity contribution in [2.24, 2.45) is 0 Å². The lowest BCUT2D eigenvalue weighted by atomic mass is 9.96. The maximum absolute atomic E-state index is 12.0. The number of benzene rings is 3. The van der Waals surface area contributed by atoms with Crippen LogP contribution in [0.2, 0.25) is 0 Å². The highest BCUT2D eigenvalue weighted by atomic mass is 16.5. The first-order valence-corrected chi connectivity index (χ1v) is 13.0. The number of carboxylic acids is 1. The van der Waals surface area contributed by atoms with Crippen molar-refractivity contribution in [1.82, 2.24) is 14.9 Å². The molecule has 0 spiro atoms. The summed E-state index contributed by atoms with van der Waals surface area (Å²) in [6, 6.07) is 28.7. The summed E-state index contributed by atoms with van der Waals surface area (Å²) in [6.45, 7) is 6.21. The van der Waals surface area contributed by atoms with Gasteiger partial charge < -0.3 is 19.5 Å². The summed E-state index contributed by atoms with van der Waals surface area (Å²) >= 11 is 0. The molecule has 3 aromatic carbocycles. The minimum absolute atomic E-state index is 0.200. The van der Waals surface area contributed by atoms with Crippen LogP contribution in [0.15, 0.2) is 97.3 Å². The monoisotopic (exact) mass is 524 g/mol. The largest absolute Gasteiger partial charge is 0.478 e. The average Bonchev–Trinajstić information content (AvgIpc) is 2.96. The van der Waals surface area contributed by atoms with Gasteiger partial charge >= 0.3 is 5.97 Å². The summed E-state index contributed by atoms with van der Waals surface area (Å²) in [5, 5.41) is 9.85. The number of hydrogen-bond acceptors (Lipinski definition) is 7. The maximum Gasteiger partial charge on any atom is 0.348 e. The second kappa shape index (κ2) is 12.0. The Balaban J connectivity index is 1.18. The van der Waals surface area contributed by atoms with Crippen molar-refractivity contribution in [1.29, 1.82) is 0 Å². The highest BCUT2D eigenvalue weighted by molar-refractivity contribution is 5.78. The Hall–Kier alpha value is -4.43. The van der Waals surface area contributed by atoms with Crippen LogP contribution in [-0.4, -0.2) is 57.7 Å². The van der Waals surface area contributed by atoms with E-state index in [-0.39, 0.29) is 6.42 Å². The molecule has 0 radical (unpaired) electrons. The number of ether oxygens (including phenoxy) is 2. The maximum atomic E-state index is 12.0. The number of anilines is 1. The fourth-order valence-corrected chi connectivity index (χ4v) is 4.62. The van der Waals surface area contributed by atoms with Gasteiger partial charge in [0.2, 0.25) is 11.5 Å². The number of rotatable bonds is 10. The third kappa shape index (κ3) is 6.91. The van der Waals surface area contributed by atoms with Crippen molar-refractivity contribution in [3.8, 4) is 17.4 Å². The molecule has 4 aromatic rings. The van der Waals surface area contributed by atoms with E-state index in [1.807, 2.05) is 54.6 Å². The Morgan fingerprint density at radius 1 is 0.846 bits per heavy atom. The number of carbonyl (C=O) groups is 1. The Labute approximate surface area is 228 Å². The number of nitrogens with zero attached hydrogens (tertiary/aromatic N) is 4. The first-order valence-electron chi connectivity index (χ1n) is 13.0. The lowest BCUT2D eigenvalue weighted by molar-refractivity contribution is -0.153. The zero-order valence-corrected chi connectivity index (χ0v) is 21.9. The van der Waals surface area contributed by atoms with Crippen LogP contribution in [0.5, 0.6) is 17.4 Å². The molecule has 1 saturated heterocycles. The fourth-order valence-electron chi connectivity index (χ4n) is 4.62. The second-order valence-corrected chi connectivity index (χ2v) is 9.84. The normalized spacial score (nSPS) is 15.4. The van der Waals surface area contributed by atoms with Crippen LogP contribution in [-0.2, 0) is 17.8 Å². The van der Waals surface area contributed by atoms with Crippen molar-refractivity contribution in [3.05, 3.63) is 108 Å². The van der Waals surface area contributed by atoms with Gasteiger partial charge in [-0.05, 0) is 42.3 Å². The van der Waals surface area contributed by atoms with Crippen molar-refractivity contribution < 1.29 is 19.4 Å². The zero-order chi connectivity index (χ0) is 27.1. The zero-order valence-electron chi connectivity index (χ0n) is 21.9. The molecule has 0 aliphatic carbocycles. The summed E-state index contributed by atoms with van der Waals surface area (Å²) < 4.78 is 11.8. The smallest absolute Gasteiger partial charge is 0.348 e. The molecule has 0 bridgehead atoms. The Kier molecular flexibility index (Phi) is 8.03. The van der Waals surface area contributed by atoms with Crippen molar-refractivity contribution in [3.63, 3.8) is 0 Å². The fraction of sp³-hybridized carbons (Fsp3) is 0.258. The second-order valence-electron chi connectivity index (χ2n) is 9.84. The van der Waals surface area contributed by atoms with Crippen LogP contribution in [0, 0.1) is 0 Å². The molecule has 39 heavy (non-hydrogen) atoms. The Morgan fingerprint density at radius 2 is 1.51 bits per heavy atom. The summed E-state index contributed by atoms with van der Waals surface area (Å²) in [5.74, 6) is 1.39. The molecule has 200 valence electrons. The summed E-state index contributed by atoms with van der Waals surface area (Å²) in [5.41, 5.74) is 0.738. The quantitative estimate of drug-likeness (QED) is 0.308. The Morgan fingerprint density at radius 3 is 2.18 bits per heavy atom. The van der Waals surface area contributed by atoms with E-state index in [9.17, 15) is 9.90 Å². The third-order valence-electron chi connectivity index (χ3n) is 6.80. The Bertz CT molecular complexity index is 1360. The van der Waals surface area contributed by atoms with Gasteiger partial charge in [0, 0.05) is 45.2 Å². The van der Waals surface area contributed by atoms with Crippen LogP contribution in [0.25, 0.3) is 0 Å². The average molecular weight is 525 g/mol. The molecule has 2 heterocycles. The van der Waals surface area contributed by atoms with E-state index in [4.69, 9.17) is 9.47 Å². The van der Waals surface area contributed by atoms with E-state index in [0.29, 0.717) is 17.4 Å². The van der Waals surface area contributed by atoms with Gasteiger partial charge in [0.05, 0.1) is 0 Å². The van der Waals surface area contributed by atoms with Crippen LogP contribution in [0.3, 0.4) is 0 Å². The number of piperazine rings is 1. The lowest BCUT2D eigenvalue weighted by Gasteiger charge is -2.35. The van der Waals surface area contributed by atoms with E-state index < -0.39 is 11.6 Å². The molecular formula is C31H32N4O4. The van der Waals surface area contributed by atoms with Gasteiger partial charge in [-0.15, -0.1) is 0 Å². The van der Waals surface area contributed by atoms with E-state index in [2.05, 4.69) is 44.0 Å². The van der Waals surface area contributed by atoms with Gasteiger partial charge in [-0.1, -0.05) is 60.7 Å². The minimum Gasteiger partial charge on any atom is -0.478 e. The van der Waals surface area contributed by atoms with Crippen molar-refractivity contribution in [2.75, 3.05) is 31.1 Å². The predicted octanol–water partition coefficient (Wildman–Crippen LogP) is 5.06. The van der Waals surface area contributed by atoms with Gasteiger partial charge in [0.1, 0.15) is 23.6 Å². The van der Waals surface area contributed by atoms with Gasteiger partial charge in [0.15, 0.2) is 0 Å². The lowest BCUT2D eigenvalue weighted by Crippen LogP contribution is -2.46. The van der Waals surface area contributed by atoms with E-state index in [1.165, 1.54) is 11.9 Å². The van der Waals surface area contributed by atoms with Crippen LogP contribution >= 0.6 is 0 Å². The molecule has 8 nitrogen and oxygen atoms in total. The molecule has 0 amide bonds. The van der Waals surface area contributed by atoms with Gasteiger partial charge in [-0.3, -0.25) is 4.90 Å². The minimum atomic E-state index is -1.41. The number of hydrogen-bond donors (Lipinski definition) is 1. The summed E-state index contributed by atoms with van der Waals surface area (Å²) in [7, 11) is 0. The van der Waals surface area contributed by atoms with Gasteiger partial charge in [-0.2, -0.15) is 0 Å². The standard InChI is InChI=1S/C31H32N4O4/c1-31(30(36)37,39-27-10-6-3-7-11-27)21-24-12-14-26(15-13-24)38-29-20-28(32-23-33-29)35-18-16-34(17-19-35)22-25-8-4-2-5-9-25/h2-15,20,23H,16-19,21-22H2,1H3,(H,36,37). The molecule has 1 aromatic heterocycles. The highest BCUT2D eigenvalue weighted by Gasteiger charge is 2.36. The van der Waals surface area contributed by atoms with Crippen molar-refractivity contribution >= 4 is 11.8 Å². The van der Waals surface area contributed by atoms with E-state index in [0.717, 1.165) is 44.1 Å². The van der Waals surface area contributed by atoms with Crippen LogP contribution in [0.4, 0.5) is 5.82 Å². The van der Waals surface area contributed by atoms with E-state index >= 15 is 0 Å². The molecular weight excluding hydrogens is 492 g/mol. The molecule has 1 N–H and O–H groups in total. The predicted molar refractivity (Wildman–Crippen MR) is 149 cm³/mol. The number of aliphatic carboxylic acids is 1. The highest BCUT2D eigenvalue weighted by Crippen LogP contribution is 2.26. The molecule has 8 heteroatoms. The summed E-state index contributed by atoms with van der Waals surface area (Å²) in [4.78, 5) is 25.5.